The summed E-state index contributed by atoms with van der Waals surface area (Å²) in [6, 6.07) is 0.764. The lowest BCUT2D eigenvalue weighted by Gasteiger charge is -2.14. The van der Waals surface area contributed by atoms with Gasteiger partial charge in [0.05, 0.1) is 29.5 Å². The molecule has 2 aliphatic rings. The van der Waals surface area contributed by atoms with Crippen molar-refractivity contribution < 1.29 is 4.74 Å². The van der Waals surface area contributed by atoms with Gasteiger partial charge in [-0.2, -0.15) is 5.10 Å². The zero-order valence-corrected chi connectivity index (χ0v) is 11.5. The van der Waals surface area contributed by atoms with Crippen LogP contribution >= 0.6 is 11.6 Å². The number of ether oxygens (including phenoxy) is 1. The molecule has 1 aliphatic heterocycles. The molecule has 0 radical (unpaired) electrons. The van der Waals surface area contributed by atoms with Gasteiger partial charge < -0.3 is 10.1 Å². The van der Waals surface area contributed by atoms with Crippen LogP contribution in [-0.2, 0) is 11.3 Å². The van der Waals surface area contributed by atoms with Crippen LogP contribution in [-0.4, -0.2) is 34.6 Å². The molecule has 1 N–H and O–H groups in total. The molecule has 5 heteroatoms. The van der Waals surface area contributed by atoms with Gasteiger partial charge in [-0.15, -0.1) is 0 Å². The van der Waals surface area contributed by atoms with Crippen molar-refractivity contribution in [1.29, 1.82) is 0 Å². The van der Waals surface area contributed by atoms with E-state index < -0.39 is 0 Å². The third-order valence-corrected chi connectivity index (χ3v) is 4.06. The third-order valence-electron chi connectivity index (χ3n) is 3.68. The van der Waals surface area contributed by atoms with Crippen LogP contribution in [0.1, 0.15) is 31.4 Å². The Balaban J connectivity index is 1.46. The largest absolute Gasteiger partial charge is 0.372 e. The van der Waals surface area contributed by atoms with Crippen LogP contribution in [0.15, 0.2) is 6.20 Å². The fourth-order valence-corrected chi connectivity index (χ4v) is 2.60. The maximum absolute atomic E-state index is 6.03. The highest BCUT2D eigenvalue weighted by molar-refractivity contribution is 6.31. The molecule has 1 aromatic rings. The zero-order chi connectivity index (χ0) is 12.5. The highest BCUT2D eigenvalue weighted by Crippen LogP contribution is 2.24. The number of nitrogens with zero attached hydrogens (tertiary/aromatic N) is 2. The number of hydrogen-bond acceptors (Lipinski definition) is 3. The maximum atomic E-state index is 6.03. The van der Waals surface area contributed by atoms with Crippen molar-refractivity contribution in [3.05, 3.63) is 16.9 Å². The number of aryl methyl sites for hydroxylation is 1. The van der Waals surface area contributed by atoms with E-state index in [-0.39, 0.29) is 6.10 Å². The first-order valence-electron chi connectivity index (χ1n) is 6.79. The van der Waals surface area contributed by atoms with E-state index in [4.69, 9.17) is 16.3 Å². The Hall–Kier alpha value is -0.580. The fourth-order valence-electron chi connectivity index (χ4n) is 2.45. The summed E-state index contributed by atoms with van der Waals surface area (Å²) in [6.45, 7) is 3.74. The van der Waals surface area contributed by atoms with E-state index in [1.165, 1.54) is 12.8 Å². The minimum atomic E-state index is 0.284. The van der Waals surface area contributed by atoms with Gasteiger partial charge in [0, 0.05) is 18.8 Å². The van der Waals surface area contributed by atoms with Gasteiger partial charge in [0.25, 0.3) is 0 Å². The minimum absolute atomic E-state index is 0.284. The van der Waals surface area contributed by atoms with Gasteiger partial charge in [0.1, 0.15) is 0 Å². The van der Waals surface area contributed by atoms with Gasteiger partial charge in [-0.1, -0.05) is 11.6 Å². The van der Waals surface area contributed by atoms with Crippen LogP contribution < -0.4 is 5.32 Å². The van der Waals surface area contributed by atoms with E-state index in [0.29, 0.717) is 6.10 Å². The summed E-state index contributed by atoms with van der Waals surface area (Å²) < 4.78 is 7.93. The smallest absolute Gasteiger partial charge is 0.0814 e. The molecule has 3 rings (SSSR count). The number of aromatic nitrogens is 2. The van der Waals surface area contributed by atoms with E-state index in [0.717, 1.165) is 42.7 Å². The Kier molecular flexibility index (Phi) is 3.59. The Labute approximate surface area is 113 Å². The van der Waals surface area contributed by atoms with Crippen LogP contribution in [0.3, 0.4) is 0 Å². The van der Waals surface area contributed by atoms with E-state index in [1.54, 1.807) is 0 Å². The molecule has 2 heterocycles. The lowest BCUT2D eigenvalue weighted by Crippen LogP contribution is -2.29. The SMILES string of the molecule is Cc1nn(CC2CCC(CNC3CC3)O2)cc1Cl. The summed E-state index contributed by atoms with van der Waals surface area (Å²) in [4.78, 5) is 0. The molecule has 2 unspecified atom stereocenters. The van der Waals surface area contributed by atoms with Gasteiger partial charge >= 0.3 is 0 Å². The Morgan fingerprint density at radius 1 is 1.39 bits per heavy atom. The molecule has 1 saturated carbocycles. The average molecular weight is 270 g/mol. The maximum Gasteiger partial charge on any atom is 0.0814 e. The van der Waals surface area contributed by atoms with Crippen molar-refractivity contribution >= 4 is 11.6 Å². The Bertz CT molecular complexity index is 397. The summed E-state index contributed by atoms with van der Waals surface area (Å²) in [5.41, 5.74) is 0.890. The fraction of sp³-hybridized carbons (Fsp3) is 0.769. The van der Waals surface area contributed by atoms with E-state index >= 15 is 0 Å². The number of nitrogens with one attached hydrogen (secondary N) is 1. The lowest BCUT2D eigenvalue weighted by atomic mass is 10.2. The third kappa shape index (κ3) is 3.05. The topological polar surface area (TPSA) is 39.1 Å². The molecular formula is C13H20ClN3O. The summed E-state index contributed by atoms with van der Waals surface area (Å²) >= 11 is 6.00. The van der Waals surface area contributed by atoms with Gasteiger partial charge in [-0.3, -0.25) is 4.68 Å². The molecule has 0 bridgehead atoms. The van der Waals surface area contributed by atoms with Gasteiger partial charge in [0.2, 0.25) is 0 Å². The van der Waals surface area contributed by atoms with Crippen molar-refractivity contribution in [3.8, 4) is 0 Å². The second-order valence-corrected chi connectivity index (χ2v) is 5.83. The first-order valence-corrected chi connectivity index (χ1v) is 7.17. The number of halogens is 1. The zero-order valence-electron chi connectivity index (χ0n) is 10.7. The quantitative estimate of drug-likeness (QED) is 0.890. The Morgan fingerprint density at radius 3 is 2.83 bits per heavy atom. The van der Waals surface area contributed by atoms with Crippen molar-refractivity contribution in [2.45, 2.75) is 57.4 Å². The van der Waals surface area contributed by atoms with Gasteiger partial charge in [0.15, 0.2) is 0 Å². The summed E-state index contributed by atoms with van der Waals surface area (Å²) in [5, 5.41) is 8.64. The molecule has 100 valence electrons. The molecule has 2 atom stereocenters. The molecule has 0 spiro atoms. The molecule has 2 fully saturated rings. The standard InChI is InChI=1S/C13H20ClN3O/c1-9-13(14)8-17(16-9)7-12-5-4-11(18-12)6-15-10-2-3-10/h8,10-12,15H,2-7H2,1H3. The average Bonchev–Trinajstić information content (AvgIpc) is 2.98. The number of rotatable bonds is 5. The summed E-state index contributed by atoms with van der Waals surface area (Å²) in [6.07, 6.45) is 7.48. The predicted molar refractivity (Wildman–Crippen MR) is 70.9 cm³/mol. The molecule has 1 aromatic heterocycles. The van der Waals surface area contributed by atoms with Crippen LogP contribution in [0.2, 0.25) is 5.02 Å². The molecule has 1 saturated heterocycles. The highest BCUT2D eigenvalue weighted by atomic mass is 35.5. The first-order chi connectivity index (χ1) is 8.70. The normalized spacial score (nSPS) is 27.9. The van der Waals surface area contributed by atoms with Crippen molar-refractivity contribution in [3.63, 3.8) is 0 Å². The van der Waals surface area contributed by atoms with Crippen LogP contribution in [0.25, 0.3) is 0 Å². The minimum Gasteiger partial charge on any atom is -0.372 e. The summed E-state index contributed by atoms with van der Waals surface area (Å²) in [7, 11) is 0. The number of hydrogen-bond donors (Lipinski definition) is 1. The van der Waals surface area contributed by atoms with Crippen molar-refractivity contribution in [1.82, 2.24) is 15.1 Å². The molecular weight excluding hydrogens is 250 g/mol. The molecule has 4 nitrogen and oxygen atoms in total. The van der Waals surface area contributed by atoms with Crippen LogP contribution in [0, 0.1) is 6.92 Å². The Morgan fingerprint density at radius 2 is 2.17 bits per heavy atom. The van der Waals surface area contributed by atoms with Crippen LogP contribution in [0.4, 0.5) is 0 Å². The second-order valence-electron chi connectivity index (χ2n) is 5.42. The molecule has 0 amide bonds. The summed E-state index contributed by atoms with van der Waals surface area (Å²) in [5.74, 6) is 0. The van der Waals surface area contributed by atoms with Gasteiger partial charge in [-0.25, -0.2) is 0 Å². The first kappa shape index (κ1) is 12.5. The highest BCUT2D eigenvalue weighted by Gasteiger charge is 2.28. The monoisotopic (exact) mass is 269 g/mol. The molecule has 18 heavy (non-hydrogen) atoms. The van der Waals surface area contributed by atoms with Gasteiger partial charge in [-0.05, 0) is 32.6 Å². The van der Waals surface area contributed by atoms with Crippen molar-refractivity contribution in [2.24, 2.45) is 0 Å². The molecule has 0 aromatic carbocycles. The van der Waals surface area contributed by atoms with E-state index in [9.17, 15) is 0 Å². The van der Waals surface area contributed by atoms with E-state index in [1.807, 2.05) is 17.8 Å². The second kappa shape index (κ2) is 5.19. The van der Waals surface area contributed by atoms with Crippen molar-refractivity contribution in [2.75, 3.05) is 6.54 Å². The predicted octanol–water partition coefficient (Wildman–Crippen LogP) is 2.14. The van der Waals surface area contributed by atoms with E-state index in [2.05, 4.69) is 10.4 Å². The molecule has 1 aliphatic carbocycles. The lowest BCUT2D eigenvalue weighted by molar-refractivity contribution is 0.0340. The van der Waals surface area contributed by atoms with Crippen LogP contribution in [0.5, 0.6) is 0 Å².